The molecule has 3 nitrogen and oxygen atoms in total. The quantitative estimate of drug-likeness (QED) is 0.716. The van der Waals surface area contributed by atoms with Crippen molar-refractivity contribution in [2.45, 2.75) is 51.4 Å². The van der Waals surface area contributed by atoms with Crippen LogP contribution in [-0.4, -0.2) is 23.3 Å². The van der Waals surface area contributed by atoms with E-state index in [1.54, 1.807) is 4.90 Å². The van der Waals surface area contributed by atoms with Crippen molar-refractivity contribution in [1.82, 2.24) is 4.90 Å². The van der Waals surface area contributed by atoms with E-state index in [1.165, 1.54) is 44.9 Å². The SMILES string of the molecule is O=C1C2C(C(=O)N1CC1CCCCC1)[C@H]1CC[C@@H]2C1. The summed E-state index contributed by atoms with van der Waals surface area (Å²) in [5, 5.41) is 0. The number of carbonyl (C=O) groups excluding carboxylic acids is 2. The molecule has 0 spiro atoms. The Hall–Kier alpha value is -0.860. The first-order chi connectivity index (χ1) is 9.25. The van der Waals surface area contributed by atoms with Gasteiger partial charge >= 0.3 is 0 Å². The third-order valence-corrected chi connectivity index (χ3v) is 6.18. The largest absolute Gasteiger partial charge is 0.282 e. The van der Waals surface area contributed by atoms with Crippen molar-refractivity contribution in [2.75, 3.05) is 6.54 Å². The van der Waals surface area contributed by atoms with E-state index in [0.717, 1.165) is 13.0 Å². The number of imide groups is 1. The fourth-order valence-corrected chi connectivity index (χ4v) is 5.28. The topological polar surface area (TPSA) is 37.4 Å². The molecule has 4 rings (SSSR count). The highest BCUT2D eigenvalue weighted by Gasteiger charge is 2.60. The fraction of sp³-hybridized carbons (Fsp3) is 0.875. The second kappa shape index (κ2) is 4.32. The molecule has 2 unspecified atom stereocenters. The maximum atomic E-state index is 12.6. The number of likely N-dealkylation sites (tertiary alicyclic amines) is 1. The van der Waals surface area contributed by atoms with Crippen LogP contribution in [-0.2, 0) is 9.59 Å². The Bertz CT molecular complexity index is 385. The van der Waals surface area contributed by atoms with Gasteiger partial charge in [0.2, 0.25) is 11.8 Å². The van der Waals surface area contributed by atoms with Gasteiger partial charge in [0.25, 0.3) is 0 Å². The lowest BCUT2D eigenvalue weighted by Crippen LogP contribution is -2.37. The van der Waals surface area contributed by atoms with E-state index < -0.39 is 0 Å². The lowest BCUT2D eigenvalue weighted by atomic mass is 9.81. The van der Waals surface area contributed by atoms with Crippen molar-refractivity contribution in [3.05, 3.63) is 0 Å². The molecule has 3 heteroatoms. The zero-order chi connectivity index (χ0) is 13.0. The molecule has 2 amide bonds. The molecule has 4 fully saturated rings. The standard InChI is InChI=1S/C16H23NO2/c18-15-13-11-6-7-12(8-11)14(13)16(19)17(15)9-10-4-2-1-3-5-10/h10-14H,1-9H2/t11-,12+,13?,14?. The molecule has 0 aromatic rings. The molecule has 1 heterocycles. The van der Waals surface area contributed by atoms with Gasteiger partial charge in [0.1, 0.15) is 0 Å². The molecule has 0 aromatic heterocycles. The molecule has 4 atom stereocenters. The molecule has 3 aliphatic carbocycles. The van der Waals surface area contributed by atoms with E-state index in [2.05, 4.69) is 0 Å². The van der Waals surface area contributed by atoms with Crippen LogP contribution in [0.3, 0.4) is 0 Å². The third kappa shape index (κ3) is 1.70. The average molecular weight is 261 g/mol. The molecule has 3 saturated carbocycles. The van der Waals surface area contributed by atoms with Crippen LogP contribution >= 0.6 is 0 Å². The van der Waals surface area contributed by atoms with E-state index >= 15 is 0 Å². The Morgan fingerprint density at radius 2 is 1.42 bits per heavy atom. The van der Waals surface area contributed by atoms with Crippen molar-refractivity contribution in [1.29, 1.82) is 0 Å². The second-order valence-corrected chi connectivity index (χ2v) is 7.18. The van der Waals surface area contributed by atoms with Gasteiger partial charge in [-0.1, -0.05) is 19.3 Å². The molecular formula is C16H23NO2. The Balaban J connectivity index is 1.51. The lowest BCUT2D eigenvalue weighted by molar-refractivity contribution is -0.141. The van der Waals surface area contributed by atoms with Crippen LogP contribution in [0.5, 0.6) is 0 Å². The number of nitrogens with zero attached hydrogens (tertiary/aromatic N) is 1. The molecule has 1 aliphatic heterocycles. The van der Waals surface area contributed by atoms with Crippen LogP contribution in [0.25, 0.3) is 0 Å². The van der Waals surface area contributed by atoms with Crippen LogP contribution in [0.1, 0.15) is 51.4 Å². The molecule has 1 saturated heterocycles. The van der Waals surface area contributed by atoms with Crippen molar-refractivity contribution >= 4 is 11.8 Å². The minimum Gasteiger partial charge on any atom is -0.282 e. The van der Waals surface area contributed by atoms with Crippen LogP contribution in [0.2, 0.25) is 0 Å². The maximum Gasteiger partial charge on any atom is 0.233 e. The zero-order valence-corrected chi connectivity index (χ0v) is 11.5. The third-order valence-electron chi connectivity index (χ3n) is 6.18. The molecular weight excluding hydrogens is 238 g/mol. The van der Waals surface area contributed by atoms with Crippen LogP contribution in [0, 0.1) is 29.6 Å². The lowest BCUT2D eigenvalue weighted by Gasteiger charge is -2.26. The van der Waals surface area contributed by atoms with Gasteiger partial charge < -0.3 is 0 Å². The fourth-order valence-electron chi connectivity index (χ4n) is 5.28. The Labute approximate surface area is 114 Å². The van der Waals surface area contributed by atoms with E-state index in [1.807, 2.05) is 0 Å². The highest BCUT2D eigenvalue weighted by molar-refractivity contribution is 6.06. The summed E-state index contributed by atoms with van der Waals surface area (Å²) in [6, 6.07) is 0. The van der Waals surface area contributed by atoms with Gasteiger partial charge in [-0.2, -0.15) is 0 Å². The molecule has 0 N–H and O–H groups in total. The summed E-state index contributed by atoms with van der Waals surface area (Å²) in [6.45, 7) is 0.726. The normalized spacial score (nSPS) is 42.2. The summed E-state index contributed by atoms with van der Waals surface area (Å²) in [5.41, 5.74) is 0. The number of amides is 2. The van der Waals surface area contributed by atoms with E-state index in [0.29, 0.717) is 17.8 Å². The summed E-state index contributed by atoms with van der Waals surface area (Å²) in [4.78, 5) is 26.8. The summed E-state index contributed by atoms with van der Waals surface area (Å²) in [6.07, 6.45) is 9.80. The van der Waals surface area contributed by atoms with Gasteiger partial charge in [0.05, 0.1) is 11.8 Å². The Morgan fingerprint density at radius 1 is 0.842 bits per heavy atom. The molecule has 19 heavy (non-hydrogen) atoms. The van der Waals surface area contributed by atoms with E-state index in [4.69, 9.17) is 0 Å². The Kier molecular flexibility index (Phi) is 2.71. The van der Waals surface area contributed by atoms with Crippen molar-refractivity contribution in [3.8, 4) is 0 Å². The average Bonchev–Trinajstić information content (AvgIpc) is 3.10. The first-order valence-electron chi connectivity index (χ1n) is 8.11. The van der Waals surface area contributed by atoms with Gasteiger partial charge in [-0.15, -0.1) is 0 Å². The number of hydrogen-bond donors (Lipinski definition) is 0. The van der Waals surface area contributed by atoms with E-state index in [-0.39, 0.29) is 23.7 Å². The minimum atomic E-state index is 0.0786. The maximum absolute atomic E-state index is 12.6. The summed E-state index contributed by atoms with van der Waals surface area (Å²) in [7, 11) is 0. The summed E-state index contributed by atoms with van der Waals surface area (Å²) >= 11 is 0. The molecule has 0 radical (unpaired) electrons. The number of rotatable bonds is 2. The second-order valence-electron chi connectivity index (χ2n) is 7.18. The Morgan fingerprint density at radius 3 is 2.00 bits per heavy atom. The first kappa shape index (κ1) is 11.9. The first-order valence-corrected chi connectivity index (χ1v) is 8.11. The molecule has 2 bridgehead atoms. The van der Waals surface area contributed by atoms with Gasteiger partial charge in [-0.05, 0) is 49.9 Å². The molecule has 0 aromatic carbocycles. The monoisotopic (exact) mass is 261 g/mol. The van der Waals surface area contributed by atoms with Crippen molar-refractivity contribution in [3.63, 3.8) is 0 Å². The van der Waals surface area contributed by atoms with Crippen LogP contribution in [0.4, 0.5) is 0 Å². The van der Waals surface area contributed by atoms with Crippen LogP contribution in [0.15, 0.2) is 0 Å². The number of carbonyl (C=O) groups is 2. The van der Waals surface area contributed by atoms with E-state index in [9.17, 15) is 9.59 Å². The smallest absolute Gasteiger partial charge is 0.233 e. The van der Waals surface area contributed by atoms with Gasteiger partial charge in [-0.25, -0.2) is 0 Å². The van der Waals surface area contributed by atoms with Gasteiger partial charge in [0, 0.05) is 6.54 Å². The number of hydrogen-bond acceptors (Lipinski definition) is 2. The molecule has 4 aliphatic rings. The van der Waals surface area contributed by atoms with Crippen molar-refractivity contribution < 1.29 is 9.59 Å². The minimum absolute atomic E-state index is 0.0786. The predicted octanol–water partition coefficient (Wildman–Crippen LogP) is 2.60. The molecule has 104 valence electrons. The van der Waals surface area contributed by atoms with Crippen molar-refractivity contribution in [2.24, 2.45) is 29.6 Å². The zero-order valence-electron chi connectivity index (χ0n) is 11.5. The van der Waals surface area contributed by atoms with Gasteiger partial charge in [0.15, 0.2) is 0 Å². The predicted molar refractivity (Wildman–Crippen MR) is 71.1 cm³/mol. The number of fused-ring (bicyclic) bond motifs is 5. The summed E-state index contributed by atoms with van der Waals surface area (Å²) < 4.78 is 0. The van der Waals surface area contributed by atoms with Gasteiger partial charge in [-0.3, -0.25) is 14.5 Å². The van der Waals surface area contributed by atoms with Crippen LogP contribution < -0.4 is 0 Å². The highest BCUT2D eigenvalue weighted by Crippen LogP contribution is 2.56. The highest BCUT2D eigenvalue weighted by atomic mass is 16.2. The summed E-state index contributed by atoms with van der Waals surface area (Å²) in [5.74, 6) is 2.17.